The molecule has 2 heteroatoms. The number of para-hydroxylation sites is 2. The molecule has 0 bridgehead atoms. The zero-order chi connectivity index (χ0) is 24.3. The molecule has 0 radical (unpaired) electrons. The molecule has 0 aromatic heterocycles. The Morgan fingerprint density at radius 1 is 0.556 bits per heavy atom. The Labute approximate surface area is 210 Å². The van der Waals surface area contributed by atoms with Crippen LogP contribution in [0.1, 0.15) is 43.7 Å². The normalized spacial score (nSPS) is 14.4. The van der Waals surface area contributed by atoms with Crippen molar-refractivity contribution in [3.63, 3.8) is 0 Å². The van der Waals surface area contributed by atoms with Gasteiger partial charge in [-0.15, -0.1) is 0 Å². The largest absolute Gasteiger partial charge is 0.310 e. The molecule has 1 spiro atoms. The predicted octanol–water partition coefficient (Wildman–Crippen LogP) is 8.04. The van der Waals surface area contributed by atoms with Crippen molar-refractivity contribution in [3.05, 3.63) is 167 Å². The molecular formula is C34H23NO. The second kappa shape index (κ2) is 7.66. The summed E-state index contributed by atoms with van der Waals surface area (Å²) in [6.45, 7) is 3.91. The lowest BCUT2D eigenvalue weighted by Crippen LogP contribution is -2.42. The Balaban J connectivity index is 1.64. The summed E-state index contributed by atoms with van der Waals surface area (Å²) in [5.74, 6) is 0.0873. The number of carbonyl (C=O) groups excluding carboxylic acids is 1. The molecule has 0 unspecified atom stereocenters. The van der Waals surface area contributed by atoms with Crippen molar-refractivity contribution in [1.29, 1.82) is 0 Å². The third-order valence-electron chi connectivity index (χ3n) is 7.64. The van der Waals surface area contributed by atoms with Crippen LogP contribution in [0.15, 0.2) is 128 Å². The van der Waals surface area contributed by atoms with Crippen molar-refractivity contribution in [2.45, 2.75) is 5.41 Å². The molecule has 7 rings (SSSR count). The SMILES string of the molecule is C=Cc1ccc(N2c3ccccc3C3(c4ccccc4C(=O)c4ccccc43)c3ccccc32)cc1. The minimum absolute atomic E-state index is 0.0873. The maximum Gasteiger partial charge on any atom is 0.193 e. The van der Waals surface area contributed by atoms with Gasteiger partial charge in [0.2, 0.25) is 0 Å². The third-order valence-corrected chi connectivity index (χ3v) is 7.64. The maximum atomic E-state index is 13.7. The molecule has 0 atom stereocenters. The van der Waals surface area contributed by atoms with E-state index in [9.17, 15) is 4.79 Å². The lowest BCUT2D eigenvalue weighted by molar-refractivity contribution is 0.103. The monoisotopic (exact) mass is 461 g/mol. The molecule has 0 amide bonds. The van der Waals surface area contributed by atoms with Gasteiger partial charge in [0.05, 0.1) is 16.8 Å². The van der Waals surface area contributed by atoms with Crippen LogP contribution in [0.4, 0.5) is 17.1 Å². The quantitative estimate of drug-likeness (QED) is 0.260. The maximum absolute atomic E-state index is 13.7. The molecule has 1 aliphatic carbocycles. The first-order valence-corrected chi connectivity index (χ1v) is 12.2. The lowest BCUT2D eigenvalue weighted by Gasteiger charge is -2.48. The number of anilines is 3. The van der Waals surface area contributed by atoms with Crippen LogP contribution in [0.25, 0.3) is 6.08 Å². The fraction of sp³-hybridized carbons (Fsp3) is 0.0294. The zero-order valence-electron chi connectivity index (χ0n) is 19.7. The van der Waals surface area contributed by atoms with Crippen molar-refractivity contribution in [2.24, 2.45) is 0 Å². The smallest absolute Gasteiger partial charge is 0.193 e. The van der Waals surface area contributed by atoms with Crippen LogP contribution in [0.2, 0.25) is 0 Å². The Morgan fingerprint density at radius 2 is 1.00 bits per heavy atom. The highest BCUT2D eigenvalue weighted by atomic mass is 16.1. The first kappa shape index (κ1) is 20.7. The molecule has 36 heavy (non-hydrogen) atoms. The van der Waals surface area contributed by atoms with E-state index < -0.39 is 5.41 Å². The first-order valence-electron chi connectivity index (χ1n) is 12.2. The molecule has 0 saturated heterocycles. The summed E-state index contributed by atoms with van der Waals surface area (Å²) < 4.78 is 0. The number of carbonyl (C=O) groups is 1. The van der Waals surface area contributed by atoms with Gasteiger partial charge in [-0.25, -0.2) is 0 Å². The van der Waals surface area contributed by atoms with E-state index in [0.29, 0.717) is 0 Å². The molecule has 1 aliphatic heterocycles. The molecule has 2 aliphatic rings. The summed E-state index contributed by atoms with van der Waals surface area (Å²) >= 11 is 0. The molecule has 0 N–H and O–H groups in total. The molecule has 1 heterocycles. The van der Waals surface area contributed by atoms with Crippen LogP contribution < -0.4 is 4.90 Å². The fourth-order valence-corrected chi connectivity index (χ4v) is 6.17. The molecule has 170 valence electrons. The number of nitrogens with zero attached hydrogens (tertiary/aromatic N) is 1. The van der Waals surface area contributed by atoms with Gasteiger partial charge in [-0.1, -0.05) is 110 Å². The summed E-state index contributed by atoms with van der Waals surface area (Å²) in [4.78, 5) is 16.0. The number of benzene rings is 5. The second-order valence-corrected chi connectivity index (χ2v) is 9.34. The minimum Gasteiger partial charge on any atom is -0.310 e. The molecule has 2 nitrogen and oxygen atoms in total. The summed E-state index contributed by atoms with van der Waals surface area (Å²) in [6, 6.07) is 42.0. The van der Waals surface area contributed by atoms with Crippen molar-refractivity contribution in [1.82, 2.24) is 0 Å². The Morgan fingerprint density at radius 3 is 1.50 bits per heavy atom. The van der Waals surface area contributed by atoms with Crippen LogP contribution in [0.5, 0.6) is 0 Å². The summed E-state index contributed by atoms with van der Waals surface area (Å²) in [6.07, 6.45) is 1.86. The van der Waals surface area contributed by atoms with E-state index in [1.165, 1.54) is 11.1 Å². The Kier molecular flexibility index (Phi) is 4.40. The second-order valence-electron chi connectivity index (χ2n) is 9.34. The van der Waals surface area contributed by atoms with E-state index >= 15 is 0 Å². The van der Waals surface area contributed by atoms with Crippen molar-refractivity contribution < 1.29 is 4.79 Å². The van der Waals surface area contributed by atoms with Crippen LogP contribution >= 0.6 is 0 Å². The number of hydrogen-bond acceptors (Lipinski definition) is 2. The van der Waals surface area contributed by atoms with Gasteiger partial charge in [0.25, 0.3) is 0 Å². The molecule has 0 fully saturated rings. The Hall–Kier alpha value is -4.69. The zero-order valence-corrected chi connectivity index (χ0v) is 19.7. The highest BCUT2D eigenvalue weighted by Gasteiger charge is 2.51. The lowest BCUT2D eigenvalue weighted by atomic mass is 9.57. The average Bonchev–Trinajstić information content (AvgIpc) is 2.95. The van der Waals surface area contributed by atoms with Crippen LogP contribution in [-0.2, 0) is 5.41 Å². The molecular weight excluding hydrogens is 438 g/mol. The van der Waals surface area contributed by atoms with Gasteiger partial charge in [-0.05, 0) is 52.1 Å². The van der Waals surface area contributed by atoms with Crippen LogP contribution in [0.3, 0.4) is 0 Å². The van der Waals surface area contributed by atoms with Gasteiger partial charge in [0.1, 0.15) is 0 Å². The van der Waals surface area contributed by atoms with Gasteiger partial charge < -0.3 is 4.90 Å². The van der Waals surface area contributed by atoms with E-state index in [1.54, 1.807) is 0 Å². The van der Waals surface area contributed by atoms with Crippen molar-refractivity contribution in [2.75, 3.05) is 4.90 Å². The number of hydrogen-bond donors (Lipinski definition) is 0. The number of rotatable bonds is 2. The molecule has 5 aromatic carbocycles. The van der Waals surface area contributed by atoms with Crippen LogP contribution in [0, 0.1) is 0 Å². The minimum atomic E-state index is -0.605. The standard InChI is InChI=1S/C34H23NO/c1-2-23-19-21-24(22-20-23)35-31-17-9-7-15-29(31)34(30-16-8-10-18-32(30)35)27-13-5-3-11-25(27)33(36)26-12-4-6-14-28(26)34/h2-22H,1H2. The summed E-state index contributed by atoms with van der Waals surface area (Å²) in [7, 11) is 0. The van der Waals surface area contributed by atoms with Crippen LogP contribution in [-0.4, -0.2) is 5.78 Å². The molecule has 5 aromatic rings. The predicted molar refractivity (Wildman–Crippen MR) is 147 cm³/mol. The highest BCUT2D eigenvalue weighted by Crippen LogP contribution is 2.60. The summed E-state index contributed by atoms with van der Waals surface area (Å²) in [5.41, 5.74) is 9.74. The van der Waals surface area contributed by atoms with E-state index in [2.05, 4.69) is 96.4 Å². The van der Waals surface area contributed by atoms with E-state index in [1.807, 2.05) is 42.5 Å². The van der Waals surface area contributed by atoms with Crippen molar-refractivity contribution in [3.8, 4) is 0 Å². The van der Waals surface area contributed by atoms with Crippen molar-refractivity contribution >= 4 is 28.9 Å². The van der Waals surface area contributed by atoms with Gasteiger partial charge >= 0.3 is 0 Å². The molecule has 0 saturated carbocycles. The van der Waals surface area contributed by atoms with E-state index in [0.717, 1.165) is 44.9 Å². The fourth-order valence-electron chi connectivity index (χ4n) is 6.17. The highest BCUT2D eigenvalue weighted by molar-refractivity contribution is 6.14. The van der Waals surface area contributed by atoms with Gasteiger partial charge in [0.15, 0.2) is 5.78 Å². The Bertz CT molecular complexity index is 1580. The van der Waals surface area contributed by atoms with Gasteiger partial charge in [0, 0.05) is 16.8 Å². The number of ketones is 1. The van der Waals surface area contributed by atoms with E-state index in [-0.39, 0.29) is 5.78 Å². The first-order chi connectivity index (χ1) is 17.7. The third kappa shape index (κ3) is 2.59. The average molecular weight is 462 g/mol. The number of fused-ring (bicyclic) bond motifs is 8. The topological polar surface area (TPSA) is 20.3 Å². The van der Waals surface area contributed by atoms with Gasteiger partial charge in [-0.3, -0.25) is 4.79 Å². The summed E-state index contributed by atoms with van der Waals surface area (Å²) in [5, 5.41) is 0. The van der Waals surface area contributed by atoms with E-state index in [4.69, 9.17) is 0 Å². The van der Waals surface area contributed by atoms with Gasteiger partial charge in [-0.2, -0.15) is 0 Å².